The molecule has 1 amide bonds. The maximum atomic E-state index is 12.3. The van der Waals surface area contributed by atoms with Crippen molar-refractivity contribution in [1.82, 2.24) is 4.90 Å². The molecule has 3 nitrogen and oxygen atoms in total. The highest BCUT2D eigenvalue weighted by atomic mass is 16.2. The minimum atomic E-state index is 0.355. The van der Waals surface area contributed by atoms with Crippen LogP contribution in [0.1, 0.15) is 46.0 Å². The van der Waals surface area contributed by atoms with E-state index in [1.807, 2.05) is 0 Å². The number of rotatable bonds is 5. The number of hydrogen-bond donors (Lipinski definition) is 1. The third kappa shape index (κ3) is 3.01. The van der Waals surface area contributed by atoms with Gasteiger partial charge in [-0.1, -0.05) is 13.8 Å². The first kappa shape index (κ1) is 12.9. The molecule has 0 aromatic rings. The van der Waals surface area contributed by atoms with Gasteiger partial charge in [-0.25, -0.2) is 0 Å². The molecule has 3 heteroatoms. The summed E-state index contributed by atoms with van der Waals surface area (Å²) in [6.45, 7) is 6.06. The maximum Gasteiger partial charge on any atom is 0.223 e. The minimum Gasteiger partial charge on any atom is -0.339 e. The highest BCUT2D eigenvalue weighted by Gasteiger charge is 2.40. The second-order valence-electron chi connectivity index (χ2n) is 6.31. The summed E-state index contributed by atoms with van der Waals surface area (Å²) in [4.78, 5) is 14.4. The molecule has 17 heavy (non-hydrogen) atoms. The Bertz CT molecular complexity index is 277. The summed E-state index contributed by atoms with van der Waals surface area (Å²) in [5.74, 6) is 2.16. The van der Waals surface area contributed by atoms with Crippen LogP contribution in [0.5, 0.6) is 0 Å². The lowest BCUT2D eigenvalue weighted by atomic mass is 9.93. The summed E-state index contributed by atoms with van der Waals surface area (Å²) in [6, 6.07) is 0.560. The van der Waals surface area contributed by atoms with Crippen molar-refractivity contribution in [3.63, 3.8) is 0 Å². The molecule has 3 atom stereocenters. The molecule has 2 N–H and O–H groups in total. The average Bonchev–Trinajstić information content (AvgIpc) is 2.88. The first-order valence-corrected chi connectivity index (χ1v) is 7.09. The van der Waals surface area contributed by atoms with E-state index in [0.717, 1.165) is 18.9 Å². The Hall–Kier alpha value is -0.570. The normalized spacial score (nSPS) is 29.1. The second-order valence-corrected chi connectivity index (χ2v) is 6.31. The van der Waals surface area contributed by atoms with Crippen LogP contribution in [0.2, 0.25) is 0 Å². The van der Waals surface area contributed by atoms with Gasteiger partial charge in [0.15, 0.2) is 0 Å². The van der Waals surface area contributed by atoms with Gasteiger partial charge in [0.25, 0.3) is 0 Å². The number of nitrogens with zero attached hydrogens (tertiary/aromatic N) is 1. The van der Waals surface area contributed by atoms with Crippen molar-refractivity contribution in [2.45, 2.75) is 52.0 Å². The molecule has 2 fully saturated rings. The van der Waals surface area contributed by atoms with Gasteiger partial charge >= 0.3 is 0 Å². The van der Waals surface area contributed by atoms with E-state index in [-0.39, 0.29) is 0 Å². The molecule has 2 rings (SSSR count). The monoisotopic (exact) mass is 238 g/mol. The van der Waals surface area contributed by atoms with E-state index in [1.54, 1.807) is 0 Å². The summed E-state index contributed by atoms with van der Waals surface area (Å²) in [7, 11) is 0. The van der Waals surface area contributed by atoms with Gasteiger partial charge in [-0.05, 0) is 50.0 Å². The molecule has 2 aliphatic rings. The number of likely N-dealkylation sites (tertiary alicyclic amines) is 1. The Morgan fingerprint density at radius 1 is 1.41 bits per heavy atom. The first-order valence-electron chi connectivity index (χ1n) is 7.09. The Kier molecular flexibility index (Phi) is 4.08. The topological polar surface area (TPSA) is 46.3 Å². The van der Waals surface area contributed by atoms with Crippen LogP contribution in [-0.4, -0.2) is 29.9 Å². The zero-order valence-corrected chi connectivity index (χ0v) is 11.2. The van der Waals surface area contributed by atoms with E-state index in [0.29, 0.717) is 36.8 Å². The van der Waals surface area contributed by atoms with Crippen LogP contribution >= 0.6 is 0 Å². The van der Waals surface area contributed by atoms with E-state index in [1.165, 1.54) is 19.3 Å². The third-order valence-electron chi connectivity index (χ3n) is 4.33. The van der Waals surface area contributed by atoms with Crippen molar-refractivity contribution in [2.24, 2.45) is 23.5 Å². The van der Waals surface area contributed by atoms with Crippen LogP contribution in [0.4, 0.5) is 0 Å². The van der Waals surface area contributed by atoms with Crippen LogP contribution in [0.25, 0.3) is 0 Å². The lowest BCUT2D eigenvalue weighted by molar-refractivity contribution is -0.133. The molecule has 1 heterocycles. The van der Waals surface area contributed by atoms with Crippen LogP contribution in [0.15, 0.2) is 0 Å². The predicted octanol–water partition coefficient (Wildman–Crippen LogP) is 2.01. The fourth-order valence-corrected chi connectivity index (χ4v) is 3.52. The standard InChI is InChI=1S/C14H26N2O/c1-10(2)5-12(8-15)7-14(17)16-9-11-3-4-13(16)6-11/h10-13H,3-9,15H2,1-2H3. The fraction of sp³-hybridized carbons (Fsp3) is 0.929. The minimum absolute atomic E-state index is 0.355. The van der Waals surface area contributed by atoms with Gasteiger partial charge in [0, 0.05) is 19.0 Å². The number of nitrogens with two attached hydrogens (primary N) is 1. The summed E-state index contributed by atoms with van der Waals surface area (Å²) in [6.07, 6.45) is 5.56. The molecule has 0 radical (unpaired) electrons. The molecular weight excluding hydrogens is 212 g/mol. The number of fused-ring (bicyclic) bond motifs is 2. The van der Waals surface area contributed by atoms with Gasteiger partial charge in [-0.15, -0.1) is 0 Å². The Morgan fingerprint density at radius 3 is 2.65 bits per heavy atom. The fourth-order valence-electron chi connectivity index (χ4n) is 3.52. The summed E-state index contributed by atoms with van der Waals surface area (Å²) in [5, 5.41) is 0. The third-order valence-corrected chi connectivity index (χ3v) is 4.33. The van der Waals surface area contributed by atoms with Crippen molar-refractivity contribution >= 4 is 5.91 Å². The van der Waals surface area contributed by atoms with E-state index < -0.39 is 0 Å². The van der Waals surface area contributed by atoms with Crippen LogP contribution in [0.3, 0.4) is 0 Å². The van der Waals surface area contributed by atoms with Crippen molar-refractivity contribution in [3.8, 4) is 0 Å². The molecule has 98 valence electrons. The highest BCUT2D eigenvalue weighted by Crippen LogP contribution is 2.38. The Balaban J connectivity index is 1.83. The van der Waals surface area contributed by atoms with E-state index in [9.17, 15) is 4.79 Å². The molecule has 1 saturated carbocycles. The SMILES string of the molecule is CC(C)CC(CN)CC(=O)N1CC2CCC1C2. The number of hydrogen-bond acceptors (Lipinski definition) is 2. The van der Waals surface area contributed by atoms with Crippen molar-refractivity contribution in [1.29, 1.82) is 0 Å². The summed E-state index contributed by atoms with van der Waals surface area (Å²) < 4.78 is 0. The van der Waals surface area contributed by atoms with Gasteiger partial charge in [0.05, 0.1) is 0 Å². The van der Waals surface area contributed by atoms with Gasteiger partial charge in [-0.2, -0.15) is 0 Å². The molecule has 1 aliphatic heterocycles. The van der Waals surface area contributed by atoms with Gasteiger partial charge in [0.2, 0.25) is 5.91 Å². The zero-order valence-electron chi connectivity index (χ0n) is 11.2. The first-order chi connectivity index (χ1) is 8.10. The number of carbonyl (C=O) groups is 1. The van der Waals surface area contributed by atoms with Gasteiger partial charge < -0.3 is 10.6 Å². The maximum absolute atomic E-state index is 12.3. The lowest BCUT2D eigenvalue weighted by Gasteiger charge is -2.29. The molecule has 0 aromatic heterocycles. The molecule has 0 aromatic carbocycles. The van der Waals surface area contributed by atoms with E-state index >= 15 is 0 Å². The number of piperidine rings is 1. The quantitative estimate of drug-likeness (QED) is 0.796. The second kappa shape index (κ2) is 5.38. The Morgan fingerprint density at radius 2 is 2.18 bits per heavy atom. The van der Waals surface area contributed by atoms with Gasteiger partial charge in [0.1, 0.15) is 0 Å². The molecular formula is C14H26N2O. The highest BCUT2D eigenvalue weighted by molar-refractivity contribution is 5.77. The predicted molar refractivity (Wildman–Crippen MR) is 69.5 cm³/mol. The van der Waals surface area contributed by atoms with E-state index in [4.69, 9.17) is 5.73 Å². The average molecular weight is 238 g/mol. The largest absolute Gasteiger partial charge is 0.339 e. The van der Waals surface area contributed by atoms with Crippen molar-refractivity contribution in [2.75, 3.05) is 13.1 Å². The van der Waals surface area contributed by atoms with Crippen molar-refractivity contribution in [3.05, 3.63) is 0 Å². The lowest BCUT2D eigenvalue weighted by Crippen LogP contribution is -2.39. The molecule has 3 unspecified atom stereocenters. The number of carbonyl (C=O) groups excluding carboxylic acids is 1. The van der Waals surface area contributed by atoms with E-state index in [2.05, 4.69) is 18.7 Å². The number of amides is 1. The summed E-state index contributed by atoms with van der Waals surface area (Å²) in [5.41, 5.74) is 5.77. The zero-order chi connectivity index (χ0) is 12.4. The van der Waals surface area contributed by atoms with Crippen molar-refractivity contribution < 1.29 is 4.79 Å². The smallest absolute Gasteiger partial charge is 0.223 e. The summed E-state index contributed by atoms with van der Waals surface area (Å²) >= 11 is 0. The molecule has 0 spiro atoms. The molecule has 1 saturated heterocycles. The van der Waals surface area contributed by atoms with Crippen LogP contribution < -0.4 is 5.73 Å². The molecule has 1 aliphatic carbocycles. The van der Waals surface area contributed by atoms with Crippen LogP contribution in [0, 0.1) is 17.8 Å². The molecule has 2 bridgehead atoms. The van der Waals surface area contributed by atoms with Gasteiger partial charge in [-0.3, -0.25) is 4.79 Å². The Labute approximate surface area is 105 Å². The van der Waals surface area contributed by atoms with Crippen LogP contribution in [-0.2, 0) is 4.79 Å².